The maximum absolute atomic E-state index is 10.8. The first kappa shape index (κ1) is 6.91. The molecule has 0 aliphatic rings. The van der Waals surface area contributed by atoms with Gasteiger partial charge in [0.1, 0.15) is 5.58 Å². The van der Waals surface area contributed by atoms with Crippen molar-refractivity contribution in [3.63, 3.8) is 0 Å². The average molecular weight is 161 g/mol. The molecule has 0 aliphatic carbocycles. The van der Waals surface area contributed by atoms with Crippen molar-refractivity contribution in [1.82, 2.24) is 0 Å². The van der Waals surface area contributed by atoms with Gasteiger partial charge in [0.25, 0.3) is 0 Å². The normalized spacial score (nSPS) is 10.3. The third-order valence-electron chi connectivity index (χ3n) is 1.59. The van der Waals surface area contributed by atoms with Gasteiger partial charge in [-0.3, -0.25) is 5.11 Å². The van der Waals surface area contributed by atoms with Crippen molar-refractivity contribution < 1.29 is 9.52 Å². The second kappa shape index (κ2) is 2.37. The van der Waals surface area contributed by atoms with Crippen LogP contribution < -0.4 is 5.63 Å². The molecule has 0 spiro atoms. The molecule has 0 amide bonds. The van der Waals surface area contributed by atoms with Crippen molar-refractivity contribution in [3.05, 3.63) is 40.8 Å². The lowest BCUT2D eigenvalue weighted by molar-refractivity contribution is 0.354. The molecule has 2 aromatic rings. The van der Waals surface area contributed by atoms with Crippen LogP contribution in [0.5, 0.6) is 5.75 Å². The Bertz CT molecular complexity index is 470. The fourth-order valence-corrected chi connectivity index (χ4v) is 1.04. The maximum atomic E-state index is 10.8. The zero-order chi connectivity index (χ0) is 8.55. The average Bonchev–Trinajstić information content (AvgIpc) is 2.03. The van der Waals surface area contributed by atoms with Crippen LogP contribution in [-0.4, -0.2) is 0 Å². The van der Waals surface area contributed by atoms with E-state index in [-0.39, 0.29) is 5.75 Å². The Morgan fingerprint density at radius 1 is 1.08 bits per heavy atom. The van der Waals surface area contributed by atoms with E-state index in [1.807, 2.05) is 0 Å². The van der Waals surface area contributed by atoms with Crippen molar-refractivity contribution in [2.24, 2.45) is 0 Å². The number of hydrogen-bond acceptors (Lipinski definition) is 2. The van der Waals surface area contributed by atoms with E-state index in [0.29, 0.717) is 5.58 Å². The van der Waals surface area contributed by atoms with Gasteiger partial charge in [-0.05, 0) is 18.2 Å². The smallest absolute Gasteiger partial charge is 0.336 e. The molecular weight excluding hydrogens is 156 g/mol. The number of hydrogen-bond donors (Lipinski definition) is 0. The summed E-state index contributed by atoms with van der Waals surface area (Å²) in [6.45, 7) is 0. The molecule has 0 saturated carbocycles. The zero-order valence-corrected chi connectivity index (χ0v) is 6.11. The molecule has 0 unspecified atom stereocenters. The minimum absolute atomic E-state index is 0.156. The molecule has 0 aliphatic heterocycles. The van der Waals surface area contributed by atoms with Gasteiger partial charge < -0.3 is 4.42 Å². The van der Waals surface area contributed by atoms with E-state index < -0.39 is 5.63 Å². The highest BCUT2D eigenvalue weighted by molar-refractivity contribution is 5.77. The highest BCUT2D eigenvalue weighted by Crippen LogP contribution is 2.17. The molecule has 1 aromatic carbocycles. The van der Waals surface area contributed by atoms with E-state index in [2.05, 4.69) is 0 Å². The van der Waals surface area contributed by atoms with Crippen molar-refractivity contribution in [2.75, 3.05) is 0 Å². The van der Waals surface area contributed by atoms with Gasteiger partial charge in [0.15, 0.2) is 5.75 Å². The molecule has 0 atom stereocenters. The first-order valence-corrected chi connectivity index (χ1v) is 3.47. The monoisotopic (exact) mass is 161 g/mol. The Hall–Kier alpha value is -1.77. The van der Waals surface area contributed by atoms with Gasteiger partial charge in [0.2, 0.25) is 0 Å². The SMILES string of the molecule is [O]c1ccc2ccc(=O)oc2c1. The predicted octanol–water partition coefficient (Wildman–Crippen LogP) is 1.94. The summed E-state index contributed by atoms with van der Waals surface area (Å²) in [6.07, 6.45) is 0. The van der Waals surface area contributed by atoms with Gasteiger partial charge in [-0.15, -0.1) is 0 Å². The second-order valence-corrected chi connectivity index (χ2v) is 2.45. The first-order chi connectivity index (χ1) is 5.75. The number of rotatable bonds is 0. The van der Waals surface area contributed by atoms with Crippen LogP contribution >= 0.6 is 0 Å². The molecule has 1 heterocycles. The van der Waals surface area contributed by atoms with E-state index in [9.17, 15) is 9.90 Å². The fraction of sp³-hybridized carbons (Fsp3) is 0. The summed E-state index contributed by atoms with van der Waals surface area (Å²) in [5.41, 5.74) is -0.0944. The molecule has 3 nitrogen and oxygen atoms in total. The topological polar surface area (TPSA) is 50.1 Å². The first-order valence-electron chi connectivity index (χ1n) is 3.47. The van der Waals surface area contributed by atoms with Crippen molar-refractivity contribution in [1.29, 1.82) is 0 Å². The van der Waals surface area contributed by atoms with E-state index in [0.717, 1.165) is 5.39 Å². The highest BCUT2D eigenvalue weighted by atomic mass is 16.4. The Morgan fingerprint density at radius 2 is 1.83 bits per heavy atom. The second-order valence-electron chi connectivity index (χ2n) is 2.45. The molecule has 0 saturated heterocycles. The van der Waals surface area contributed by atoms with Gasteiger partial charge in [-0.2, -0.15) is 0 Å². The summed E-state index contributed by atoms with van der Waals surface area (Å²) >= 11 is 0. The van der Waals surface area contributed by atoms with Gasteiger partial charge in [0.05, 0.1) is 0 Å². The molecule has 0 fully saturated rings. The fourth-order valence-electron chi connectivity index (χ4n) is 1.04. The largest absolute Gasteiger partial charge is 0.423 e. The van der Waals surface area contributed by atoms with Crippen LogP contribution in [0.3, 0.4) is 0 Å². The minimum atomic E-state index is -0.437. The Labute approximate surface area is 67.9 Å². The van der Waals surface area contributed by atoms with Crippen LogP contribution in [-0.2, 0) is 5.11 Å². The van der Waals surface area contributed by atoms with Crippen molar-refractivity contribution >= 4 is 11.0 Å². The molecule has 2 rings (SSSR count). The summed E-state index contributed by atoms with van der Waals surface area (Å²) < 4.78 is 4.79. The standard InChI is InChI=1S/C9H5O3/c10-7-3-1-6-2-4-9(11)12-8(6)5-7/h1-5H. The van der Waals surface area contributed by atoms with Gasteiger partial charge >= 0.3 is 5.63 Å². The van der Waals surface area contributed by atoms with Crippen molar-refractivity contribution in [2.45, 2.75) is 0 Å². The van der Waals surface area contributed by atoms with Crippen LogP contribution in [0.25, 0.3) is 11.0 Å². The van der Waals surface area contributed by atoms with E-state index in [1.165, 1.54) is 18.2 Å². The molecule has 0 bridgehead atoms. The lowest BCUT2D eigenvalue weighted by Crippen LogP contribution is -1.93. The number of fused-ring (bicyclic) bond motifs is 1. The molecular formula is C9H5O3. The van der Waals surface area contributed by atoms with Crippen LogP contribution in [0.1, 0.15) is 0 Å². The third kappa shape index (κ3) is 1.05. The summed E-state index contributed by atoms with van der Waals surface area (Å²) in [4.78, 5) is 10.7. The van der Waals surface area contributed by atoms with Gasteiger partial charge in [-0.25, -0.2) is 4.79 Å². The van der Waals surface area contributed by atoms with Crippen LogP contribution in [0.2, 0.25) is 0 Å². The third-order valence-corrected chi connectivity index (χ3v) is 1.59. The molecule has 59 valence electrons. The molecule has 1 aromatic heterocycles. The van der Waals surface area contributed by atoms with E-state index in [4.69, 9.17) is 4.42 Å². The Morgan fingerprint density at radius 3 is 2.67 bits per heavy atom. The minimum Gasteiger partial charge on any atom is -0.423 e. The lowest BCUT2D eigenvalue weighted by atomic mass is 10.2. The van der Waals surface area contributed by atoms with E-state index in [1.54, 1.807) is 12.1 Å². The van der Waals surface area contributed by atoms with Gasteiger partial charge in [-0.1, -0.05) is 0 Å². The predicted molar refractivity (Wildman–Crippen MR) is 42.6 cm³/mol. The van der Waals surface area contributed by atoms with Crippen LogP contribution in [0.15, 0.2) is 39.5 Å². The van der Waals surface area contributed by atoms with Crippen molar-refractivity contribution in [3.8, 4) is 5.75 Å². The van der Waals surface area contributed by atoms with Crippen LogP contribution in [0, 0.1) is 0 Å². The zero-order valence-electron chi connectivity index (χ0n) is 6.11. The quantitative estimate of drug-likeness (QED) is 0.554. The number of benzene rings is 1. The molecule has 1 radical (unpaired) electrons. The van der Waals surface area contributed by atoms with Crippen LogP contribution in [0.4, 0.5) is 0 Å². The summed E-state index contributed by atoms with van der Waals surface area (Å²) in [5, 5.41) is 11.6. The Balaban J connectivity index is 2.89. The summed E-state index contributed by atoms with van der Waals surface area (Å²) in [7, 11) is 0. The highest BCUT2D eigenvalue weighted by Gasteiger charge is 1.97. The maximum Gasteiger partial charge on any atom is 0.336 e. The Kier molecular flexibility index (Phi) is 1.37. The lowest BCUT2D eigenvalue weighted by Gasteiger charge is -1.93. The van der Waals surface area contributed by atoms with Gasteiger partial charge in [0, 0.05) is 17.5 Å². The van der Waals surface area contributed by atoms with E-state index >= 15 is 0 Å². The molecule has 0 N–H and O–H groups in total. The summed E-state index contributed by atoms with van der Waals surface area (Å²) in [6, 6.07) is 7.31. The molecule has 3 heteroatoms. The molecule has 12 heavy (non-hydrogen) atoms. The summed E-state index contributed by atoms with van der Waals surface area (Å²) in [5.74, 6) is -0.156.